The van der Waals surface area contributed by atoms with Gasteiger partial charge >= 0.3 is 0 Å². The third-order valence-corrected chi connectivity index (χ3v) is 3.05. The van der Waals surface area contributed by atoms with Gasteiger partial charge in [-0.1, -0.05) is 45.6 Å². The SMILES string of the molecule is C=CC([Si])(CCCC)CCCC. The van der Waals surface area contributed by atoms with Gasteiger partial charge in [-0.05, 0) is 17.9 Å². The van der Waals surface area contributed by atoms with E-state index in [1.54, 1.807) is 0 Å². The molecule has 0 rings (SSSR count). The van der Waals surface area contributed by atoms with Gasteiger partial charge in [-0.3, -0.25) is 0 Å². The van der Waals surface area contributed by atoms with Gasteiger partial charge in [0.2, 0.25) is 0 Å². The molecular weight excluding hydrogens is 160 g/mol. The zero-order valence-corrected chi connectivity index (χ0v) is 9.53. The van der Waals surface area contributed by atoms with Crippen molar-refractivity contribution in [2.45, 2.75) is 57.4 Å². The molecule has 0 aliphatic heterocycles. The van der Waals surface area contributed by atoms with Crippen LogP contribution in [-0.4, -0.2) is 10.2 Å². The minimum absolute atomic E-state index is 0.214. The summed E-state index contributed by atoms with van der Waals surface area (Å²) in [6, 6.07) is 0. The van der Waals surface area contributed by atoms with Crippen molar-refractivity contribution in [1.82, 2.24) is 0 Å². The summed E-state index contributed by atoms with van der Waals surface area (Å²) in [7, 11) is 3.82. The smallest absolute Gasteiger partial charge is 0.0369 e. The van der Waals surface area contributed by atoms with Crippen LogP contribution < -0.4 is 0 Å². The first-order valence-corrected chi connectivity index (χ1v) is 5.57. The minimum Gasteiger partial charge on any atom is -0.103 e. The Balaban J connectivity index is 3.78. The molecular formula is C11H21Si. The van der Waals surface area contributed by atoms with E-state index in [0.29, 0.717) is 0 Å². The molecule has 0 bridgehead atoms. The Kier molecular flexibility index (Phi) is 6.45. The summed E-state index contributed by atoms with van der Waals surface area (Å²) in [5.74, 6) is 0. The Labute approximate surface area is 80.9 Å². The molecule has 0 aromatic heterocycles. The molecule has 0 saturated heterocycles. The summed E-state index contributed by atoms with van der Waals surface area (Å²) in [4.78, 5) is 0. The molecule has 0 aromatic rings. The second-order valence-electron chi connectivity index (χ2n) is 3.57. The largest absolute Gasteiger partial charge is 0.103 e. The van der Waals surface area contributed by atoms with Crippen LogP contribution in [0.5, 0.6) is 0 Å². The van der Waals surface area contributed by atoms with Crippen LogP contribution in [0.25, 0.3) is 0 Å². The molecule has 0 heterocycles. The van der Waals surface area contributed by atoms with Gasteiger partial charge in [-0.15, -0.1) is 6.58 Å². The Morgan fingerprint density at radius 1 is 1.17 bits per heavy atom. The van der Waals surface area contributed by atoms with E-state index in [4.69, 9.17) is 0 Å². The predicted octanol–water partition coefficient (Wildman–Crippen LogP) is 3.88. The van der Waals surface area contributed by atoms with Crippen molar-refractivity contribution in [3.05, 3.63) is 12.7 Å². The van der Waals surface area contributed by atoms with Crippen molar-refractivity contribution in [3.63, 3.8) is 0 Å². The molecule has 0 aliphatic carbocycles. The number of unbranched alkanes of at least 4 members (excludes halogenated alkanes) is 2. The molecule has 0 N–H and O–H groups in total. The minimum atomic E-state index is 0.214. The van der Waals surface area contributed by atoms with Crippen LogP contribution in [0.3, 0.4) is 0 Å². The maximum Gasteiger partial charge on any atom is 0.0369 e. The van der Waals surface area contributed by atoms with Gasteiger partial charge in [0, 0.05) is 10.2 Å². The second-order valence-corrected chi connectivity index (χ2v) is 4.56. The van der Waals surface area contributed by atoms with Crippen LogP contribution in [0, 0.1) is 0 Å². The molecule has 12 heavy (non-hydrogen) atoms. The Morgan fingerprint density at radius 2 is 1.58 bits per heavy atom. The average molecular weight is 181 g/mol. The monoisotopic (exact) mass is 181 g/mol. The molecule has 1 heteroatoms. The molecule has 0 saturated carbocycles. The van der Waals surface area contributed by atoms with Gasteiger partial charge in [0.1, 0.15) is 0 Å². The van der Waals surface area contributed by atoms with Crippen molar-refractivity contribution in [2.24, 2.45) is 0 Å². The van der Waals surface area contributed by atoms with Gasteiger partial charge in [-0.25, -0.2) is 0 Å². The lowest BCUT2D eigenvalue weighted by molar-refractivity contribution is 0.517. The van der Waals surface area contributed by atoms with Gasteiger partial charge < -0.3 is 0 Å². The van der Waals surface area contributed by atoms with Crippen molar-refractivity contribution >= 4 is 10.2 Å². The second kappa shape index (κ2) is 6.47. The number of rotatable bonds is 7. The first-order chi connectivity index (χ1) is 5.68. The topological polar surface area (TPSA) is 0 Å². The maximum atomic E-state index is 3.89. The van der Waals surface area contributed by atoms with E-state index in [1.165, 1.54) is 38.5 Å². The third kappa shape index (κ3) is 4.76. The summed E-state index contributed by atoms with van der Waals surface area (Å²) in [5.41, 5.74) is 0. The van der Waals surface area contributed by atoms with E-state index in [0.717, 1.165) is 0 Å². The first-order valence-electron chi connectivity index (χ1n) is 5.07. The molecule has 0 fully saturated rings. The zero-order chi connectivity index (χ0) is 9.45. The quantitative estimate of drug-likeness (QED) is 0.413. The summed E-state index contributed by atoms with van der Waals surface area (Å²) in [5, 5.41) is 0.214. The fourth-order valence-electron chi connectivity index (χ4n) is 1.31. The number of allylic oxidation sites excluding steroid dienone is 1. The Bertz CT molecular complexity index is 110. The van der Waals surface area contributed by atoms with E-state index in [2.05, 4.69) is 36.7 Å². The first kappa shape index (κ1) is 12.0. The predicted molar refractivity (Wildman–Crippen MR) is 57.7 cm³/mol. The van der Waals surface area contributed by atoms with E-state index in [-0.39, 0.29) is 5.04 Å². The number of hydrogen-bond acceptors (Lipinski definition) is 0. The molecule has 69 valence electrons. The van der Waals surface area contributed by atoms with Crippen LogP contribution in [0.15, 0.2) is 12.7 Å². The van der Waals surface area contributed by atoms with Crippen molar-refractivity contribution in [3.8, 4) is 0 Å². The van der Waals surface area contributed by atoms with Gasteiger partial charge in [-0.2, -0.15) is 0 Å². The lowest BCUT2D eigenvalue weighted by Crippen LogP contribution is -2.09. The fraction of sp³-hybridized carbons (Fsp3) is 0.818. The van der Waals surface area contributed by atoms with Crippen LogP contribution in [0.1, 0.15) is 52.4 Å². The average Bonchev–Trinajstić information content (AvgIpc) is 2.11. The van der Waals surface area contributed by atoms with Crippen LogP contribution in [-0.2, 0) is 0 Å². The van der Waals surface area contributed by atoms with Gasteiger partial charge in [0.15, 0.2) is 0 Å². The fourth-order valence-corrected chi connectivity index (χ4v) is 1.67. The zero-order valence-electron chi connectivity index (χ0n) is 8.53. The summed E-state index contributed by atoms with van der Waals surface area (Å²) in [6.45, 7) is 8.35. The van der Waals surface area contributed by atoms with E-state index in [9.17, 15) is 0 Å². The highest BCUT2D eigenvalue weighted by Crippen LogP contribution is 2.35. The molecule has 0 atom stereocenters. The molecule has 3 radical (unpaired) electrons. The lowest BCUT2D eigenvalue weighted by Gasteiger charge is -2.25. The van der Waals surface area contributed by atoms with Crippen LogP contribution in [0.2, 0.25) is 5.04 Å². The normalized spacial score (nSPS) is 11.6. The van der Waals surface area contributed by atoms with Gasteiger partial charge in [0.05, 0.1) is 0 Å². The standard InChI is InChI=1S/C11H21Si/c1-4-7-9-11(12,6-3)10-8-5-2/h6H,3-5,7-10H2,1-2H3. The van der Waals surface area contributed by atoms with E-state index in [1.807, 2.05) is 0 Å². The highest BCUT2D eigenvalue weighted by Gasteiger charge is 2.18. The van der Waals surface area contributed by atoms with E-state index >= 15 is 0 Å². The molecule has 0 aromatic carbocycles. The van der Waals surface area contributed by atoms with E-state index < -0.39 is 0 Å². The highest BCUT2D eigenvalue weighted by atomic mass is 28.1. The summed E-state index contributed by atoms with van der Waals surface area (Å²) < 4.78 is 0. The summed E-state index contributed by atoms with van der Waals surface area (Å²) >= 11 is 0. The van der Waals surface area contributed by atoms with Crippen molar-refractivity contribution < 1.29 is 0 Å². The lowest BCUT2D eigenvalue weighted by atomic mass is 9.95. The molecule has 0 nitrogen and oxygen atoms in total. The molecule has 0 spiro atoms. The summed E-state index contributed by atoms with van der Waals surface area (Å²) in [6.07, 6.45) is 9.64. The maximum absolute atomic E-state index is 3.89. The number of hydrogen-bond donors (Lipinski definition) is 0. The van der Waals surface area contributed by atoms with Gasteiger partial charge in [0.25, 0.3) is 0 Å². The molecule has 0 unspecified atom stereocenters. The molecule has 0 aliphatic rings. The molecule has 0 amide bonds. The van der Waals surface area contributed by atoms with Crippen molar-refractivity contribution in [2.75, 3.05) is 0 Å². The Hall–Kier alpha value is -0.0431. The van der Waals surface area contributed by atoms with Crippen LogP contribution >= 0.6 is 0 Å². The Morgan fingerprint density at radius 3 is 1.83 bits per heavy atom. The third-order valence-electron chi connectivity index (χ3n) is 2.34. The highest BCUT2D eigenvalue weighted by molar-refractivity contribution is 6.16. The van der Waals surface area contributed by atoms with Crippen LogP contribution in [0.4, 0.5) is 0 Å². The van der Waals surface area contributed by atoms with Crippen molar-refractivity contribution in [1.29, 1.82) is 0 Å².